The van der Waals surface area contributed by atoms with E-state index in [2.05, 4.69) is 25.8 Å². The highest BCUT2D eigenvalue weighted by Crippen LogP contribution is 2.03. The van der Waals surface area contributed by atoms with Crippen LogP contribution in [0.1, 0.15) is 31.0 Å². The second-order valence-corrected chi connectivity index (χ2v) is 4.51. The average Bonchev–Trinajstić information content (AvgIpc) is 2.99. The van der Waals surface area contributed by atoms with Crippen LogP contribution >= 0.6 is 0 Å². The number of hydrogen-bond acceptors (Lipinski definition) is 4. The molecule has 0 bridgehead atoms. The van der Waals surface area contributed by atoms with E-state index in [0.717, 1.165) is 36.1 Å². The molecule has 0 saturated heterocycles. The van der Waals surface area contributed by atoms with Gasteiger partial charge < -0.3 is 15.2 Å². The zero-order valence-electron chi connectivity index (χ0n) is 12.5. The van der Waals surface area contributed by atoms with Gasteiger partial charge in [-0.2, -0.15) is 0 Å². The monoisotopic (exact) mass is 287 g/mol. The molecule has 6 heteroatoms. The molecule has 2 heterocycles. The fourth-order valence-corrected chi connectivity index (χ4v) is 1.77. The van der Waals surface area contributed by atoms with E-state index >= 15 is 0 Å². The summed E-state index contributed by atoms with van der Waals surface area (Å²) < 4.78 is 5.24. The Morgan fingerprint density at radius 1 is 1.24 bits per heavy atom. The summed E-state index contributed by atoms with van der Waals surface area (Å²) in [6.45, 7) is 5.97. The van der Waals surface area contributed by atoms with Crippen molar-refractivity contribution < 1.29 is 4.52 Å². The van der Waals surface area contributed by atoms with Gasteiger partial charge in [-0.1, -0.05) is 18.1 Å². The molecule has 2 N–H and O–H groups in total. The first-order chi connectivity index (χ1) is 10.3. The second kappa shape index (κ2) is 8.04. The molecule has 0 aliphatic carbocycles. The molecule has 2 aromatic heterocycles. The largest absolute Gasteiger partial charge is 0.359 e. The highest BCUT2D eigenvalue weighted by Gasteiger charge is 2.04. The van der Waals surface area contributed by atoms with Gasteiger partial charge in [0.2, 0.25) is 0 Å². The molecule has 0 aliphatic heterocycles. The van der Waals surface area contributed by atoms with Crippen molar-refractivity contribution in [3.63, 3.8) is 0 Å². The van der Waals surface area contributed by atoms with Crippen LogP contribution in [-0.4, -0.2) is 22.6 Å². The third-order valence-corrected chi connectivity index (χ3v) is 2.87. The number of pyridine rings is 1. The molecule has 0 unspecified atom stereocenters. The quantitative estimate of drug-likeness (QED) is 0.627. The van der Waals surface area contributed by atoms with Crippen molar-refractivity contribution in [1.82, 2.24) is 20.8 Å². The molecule has 0 aliphatic rings. The van der Waals surface area contributed by atoms with E-state index in [-0.39, 0.29) is 0 Å². The standard InChI is InChI=1S/C15H21N5O/c1-3-12-9-14(21-20-12)11-19-15(16-4-2)18-10-13-7-5-6-8-17-13/h5-9H,3-4,10-11H2,1-2H3,(H2,16,18,19). The maximum atomic E-state index is 5.24. The van der Waals surface area contributed by atoms with Crippen LogP contribution in [0, 0.1) is 0 Å². The highest BCUT2D eigenvalue weighted by atomic mass is 16.5. The third-order valence-electron chi connectivity index (χ3n) is 2.87. The minimum Gasteiger partial charge on any atom is -0.359 e. The van der Waals surface area contributed by atoms with Gasteiger partial charge in [0.15, 0.2) is 11.7 Å². The molecule has 6 nitrogen and oxygen atoms in total. The summed E-state index contributed by atoms with van der Waals surface area (Å²) >= 11 is 0. The van der Waals surface area contributed by atoms with Gasteiger partial charge in [-0.05, 0) is 25.5 Å². The number of rotatable bonds is 6. The highest BCUT2D eigenvalue weighted by molar-refractivity contribution is 5.79. The van der Waals surface area contributed by atoms with Gasteiger partial charge in [0.25, 0.3) is 0 Å². The van der Waals surface area contributed by atoms with Crippen molar-refractivity contribution in [3.05, 3.63) is 47.6 Å². The van der Waals surface area contributed by atoms with Crippen LogP contribution < -0.4 is 10.6 Å². The lowest BCUT2D eigenvalue weighted by Crippen LogP contribution is -2.36. The molecular weight excluding hydrogens is 266 g/mol. The van der Waals surface area contributed by atoms with Crippen LogP contribution in [0.4, 0.5) is 0 Å². The molecule has 0 fully saturated rings. The predicted molar refractivity (Wildman–Crippen MR) is 81.8 cm³/mol. The van der Waals surface area contributed by atoms with E-state index in [1.54, 1.807) is 6.20 Å². The number of aryl methyl sites for hydroxylation is 1. The summed E-state index contributed by atoms with van der Waals surface area (Å²) in [5, 5.41) is 10.4. The summed E-state index contributed by atoms with van der Waals surface area (Å²) in [5.74, 6) is 1.54. The molecule has 0 aromatic carbocycles. The molecule has 0 amide bonds. The van der Waals surface area contributed by atoms with Crippen LogP contribution in [-0.2, 0) is 19.5 Å². The Labute approximate surface area is 124 Å². The van der Waals surface area contributed by atoms with Crippen molar-refractivity contribution in [2.24, 2.45) is 4.99 Å². The van der Waals surface area contributed by atoms with Crippen LogP contribution in [0.3, 0.4) is 0 Å². The van der Waals surface area contributed by atoms with Gasteiger partial charge in [0.05, 0.1) is 24.5 Å². The zero-order valence-corrected chi connectivity index (χ0v) is 12.5. The fraction of sp³-hybridized carbons (Fsp3) is 0.400. The first-order valence-electron chi connectivity index (χ1n) is 7.18. The maximum Gasteiger partial charge on any atom is 0.192 e. The van der Waals surface area contributed by atoms with Gasteiger partial charge in [0, 0.05) is 18.8 Å². The number of aromatic nitrogens is 2. The Balaban J connectivity index is 1.91. The molecule has 0 radical (unpaired) electrons. The third kappa shape index (κ3) is 4.91. The number of hydrogen-bond donors (Lipinski definition) is 2. The summed E-state index contributed by atoms with van der Waals surface area (Å²) in [4.78, 5) is 8.75. The van der Waals surface area contributed by atoms with E-state index < -0.39 is 0 Å². The number of nitrogens with one attached hydrogen (secondary N) is 2. The lowest BCUT2D eigenvalue weighted by molar-refractivity contribution is 0.374. The summed E-state index contributed by atoms with van der Waals surface area (Å²) in [6, 6.07) is 7.76. The van der Waals surface area contributed by atoms with Gasteiger partial charge in [-0.3, -0.25) is 4.98 Å². The Hall–Kier alpha value is -2.37. The van der Waals surface area contributed by atoms with Gasteiger partial charge in [0.1, 0.15) is 0 Å². The van der Waals surface area contributed by atoms with E-state index in [0.29, 0.717) is 13.1 Å². The fourth-order valence-electron chi connectivity index (χ4n) is 1.77. The Bertz CT molecular complexity index is 564. The Morgan fingerprint density at radius 2 is 2.14 bits per heavy atom. The van der Waals surface area contributed by atoms with Crippen LogP contribution in [0.5, 0.6) is 0 Å². The molecule has 2 rings (SSSR count). The van der Waals surface area contributed by atoms with Crippen molar-refractivity contribution in [2.45, 2.75) is 33.4 Å². The zero-order chi connectivity index (χ0) is 14.9. The van der Waals surface area contributed by atoms with Gasteiger partial charge >= 0.3 is 0 Å². The van der Waals surface area contributed by atoms with Crippen LogP contribution in [0.25, 0.3) is 0 Å². The average molecular weight is 287 g/mol. The summed E-state index contributed by atoms with van der Waals surface area (Å²) in [7, 11) is 0. The SMILES string of the molecule is CCNC(=NCc1ccccn1)NCc1cc(CC)no1. The van der Waals surface area contributed by atoms with Crippen LogP contribution in [0.15, 0.2) is 40.0 Å². The first-order valence-corrected chi connectivity index (χ1v) is 7.18. The minimum absolute atomic E-state index is 0.535. The van der Waals surface area contributed by atoms with E-state index in [4.69, 9.17) is 4.52 Å². The molecule has 0 atom stereocenters. The molecule has 2 aromatic rings. The lowest BCUT2D eigenvalue weighted by atomic mass is 10.3. The lowest BCUT2D eigenvalue weighted by Gasteiger charge is -2.09. The molecular formula is C15H21N5O. The topological polar surface area (TPSA) is 75.3 Å². The smallest absolute Gasteiger partial charge is 0.192 e. The van der Waals surface area contributed by atoms with Gasteiger partial charge in [-0.25, -0.2) is 4.99 Å². The molecule has 112 valence electrons. The van der Waals surface area contributed by atoms with Crippen molar-refractivity contribution in [1.29, 1.82) is 0 Å². The summed E-state index contributed by atoms with van der Waals surface area (Å²) in [5.41, 5.74) is 1.89. The van der Waals surface area contributed by atoms with Crippen molar-refractivity contribution in [3.8, 4) is 0 Å². The number of nitrogens with zero attached hydrogens (tertiary/aromatic N) is 3. The maximum absolute atomic E-state index is 5.24. The van der Waals surface area contributed by atoms with E-state index in [9.17, 15) is 0 Å². The minimum atomic E-state index is 0.535. The molecule has 0 saturated carbocycles. The molecule has 0 spiro atoms. The normalized spacial score (nSPS) is 11.4. The number of aliphatic imine (C=N–C) groups is 1. The Morgan fingerprint density at radius 3 is 2.81 bits per heavy atom. The second-order valence-electron chi connectivity index (χ2n) is 4.51. The van der Waals surface area contributed by atoms with Crippen molar-refractivity contribution >= 4 is 5.96 Å². The van der Waals surface area contributed by atoms with E-state index in [1.165, 1.54) is 0 Å². The predicted octanol–water partition coefficient (Wildman–Crippen LogP) is 1.89. The first kappa shape index (κ1) is 15.0. The Kier molecular flexibility index (Phi) is 5.75. The van der Waals surface area contributed by atoms with Gasteiger partial charge in [-0.15, -0.1) is 0 Å². The van der Waals surface area contributed by atoms with E-state index in [1.807, 2.05) is 38.1 Å². The van der Waals surface area contributed by atoms with Crippen molar-refractivity contribution in [2.75, 3.05) is 6.54 Å². The summed E-state index contributed by atoms with van der Waals surface area (Å²) in [6.07, 6.45) is 2.64. The molecule has 21 heavy (non-hydrogen) atoms. The van der Waals surface area contributed by atoms with Crippen LogP contribution in [0.2, 0.25) is 0 Å². The number of guanidine groups is 1.